The number of para-hydroxylation sites is 1. The Morgan fingerprint density at radius 3 is 2.48 bits per heavy atom. The molecule has 0 saturated heterocycles. The van der Waals surface area contributed by atoms with Gasteiger partial charge in [0.05, 0.1) is 6.54 Å². The van der Waals surface area contributed by atoms with E-state index in [0.717, 1.165) is 22.0 Å². The van der Waals surface area contributed by atoms with Gasteiger partial charge in [-0.2, -0.15) is 0 Å². The maximum atomic E-state index is 13.8. The molecule has 0 fully saturated rings. The van der Waals surface area contributed by atoms with E-state index in [1.54, 1.807) is 11.0 Å². The molecule has 0 saturated carbocycles. The van der Waals surface area contributed by atoms with Gasteiger partial charge in [0.1, 0.15) is 11.2 Å². The summed E-state index contributed by atoms with van der Waals surface area (Å²) < 4.78 is 1.96. The van der Waals surface area contributed by atoms with Gasteiger partial charge in [-0.25, -0.2) is 0 Å². The Morgan fingerprint density at radius 1 is 1.00 bits per heavy atom. The molecule has 0 radical (unpaired) electrons. The summed E-state index contributed by atoms with van der Waals surface area (Å²) in [6.45, 7) is 2.82. The summed E-state index contributed by atoms with van der Waals surface area (Å²) >= 11 is 6.43. The Labute approximate surface area is 197 Å². The second-order valence-electron chi connectivity index (χ2n) is 8.60. The number of aromatic nitrogens is 1. The molecule has 33 heavy (non-hydrogen) atoms. The summed E-state index contributed by atoms with van der Waals surface area (Å²) in [7, 11) is 0. The van der Waals surface area contributed by atoms with Crippen LogP contribution in [-0.2, 0) is 24.4 Å². The molecule has 1 unspecified atom stereocenters. The van der Waals surface area contributed by atoms with E-state index in [4.69, 9.17) is 11.6 Å². The number of carbonyl (C=O) groups is 2. The van der Waals surface area contributed by atoms with Crippen molar-refractivity contribution in [1.82, 2.24) is 14.8 Å². The smallest absolute Gasteiger partial charge is 0.271 e. The molecule has 5 nitrogen and oxygen atoms in total. The maximum Gasteiger partial charge on any atom is 0.271 e. The van der Waals surface area contributed by atoms with E-state index >= 15 is 0 Å². The number of hydrogen-bond donors (Lipinski definition) is 1. The predicted molar refractivity (Wildman–Crippen MR) is 130 cm³/mol. The molecule has 1 aromatic heterocycles. The molecular formula is C27H24ClN3O2. The van der Waals surface area contributed by atoms with Crippen molar-refractivity contribution in [3.8, 4) is 0 Å². The van der Waals surface area contributed by atoms with Gasteiger partial charge < -0.3 is 14.8 Å². The number of fused-ring (bicyclic) bond motifs is 3. The topological polar surface area (TPSA) is 54.3 Å². The fourth-order valence-electron chi connectivity index (χ4n) is 4.52. The van der Waals surface area contributed by atoms with Gasteiger partial charge in [-0.15, -0.1) is 0 Å². The number of halogens is 1. The average molecular weight is 458 g/mol. The Hall–Kier alpha value is -3.57. The van der Waals surface area contributed by atoms with E-state index in [1.807, 2.05) is 90.4 Å². The summed E-state index contributed by atoms with van der Waals surface area (Å²) in [5.41, 5.74) is 2.23. The lowest BCUT2D eigenvalue weighted by atomic mass is 9.93. The Morgan fingerprint density at radius 2 is 1.70 bits per heavy atom. The normalized spacial score (nSPS) is 17.8. The van der Waals surface area contributed by atoms with Crippen molar-refractivity contribution >= 4 is 34.3 Å². The van der Waals surface area contributed by atoms with Crippen molar-refractivity contribution in [3.05, 3.63) is 107 Å². The van der Waals surface area contributed by atoms with Crippen LogP contribution in [0.3, 0.4) is 0 Å². The molecule has 166 valence electrons. The van der Waals surface area contributed by atoms with Gasteiger partial charge in [-0.1, -0.05) is 78.3 Å². The van der Waals surface area contributed by atoms with Crippen LogP contribution in [-0.4, -0.2) is 26.8 Å². The third-order valence-corrected chi connectivity index (χ3v) is 6.78. The summed E-state index contributed by atoms with van der Waals surface area (Å²) in [6.07, 6.45) is 0. The fraction of sp³-hybridized carbons (Fsp3) is 0.185. The van der Waals surface area contributed by atoms with Gasteiger partial charge in [0.15, 0.2) is 0 Å². The standard InChI is InChI=1S/C27H24ClN3O2/c1-27(26(33)29-16-19-9-3-2-4-10-19)18-30-23-14-8-6-11-20(23)15-24(30)25(32)31(27)17-21-12-5-7-13-22(21)28/h2-15H,16-18H2,1H3,(H,29,33). The minimum absolute atomic E-state index is 0.185. The number of amides is 2. The highest BCUT2D eigenvalue weighted by Crippen LogP contribution is 2.34. The molecule has 1 N–H and O–H groups in total. The summed E-state index contributed by atoms with van der Waals surface area (Å²) in [6, 6.07) is 27.0. The van der Waals surface area contributed by atoms with Gasteiger partial charge in [0, 0.05) is 29.0 Å². The van der Waals surface area contributed by atoms with Crippen molar-refractivity contribution in [2.75, 3.05) is 0 Å². The van der Waals surface area contributed by atoms with Crippen molar-refractivity contribution in [2.24, 2.45) is 0 Å². The third kappa shape index (κ3) is 3.79. The fourth-order valence-corrected chi connectivity index (χ4v) is 4.72. The first-order valence-corrected chi connectivity index (χ1v) is 11.3. The van der Waals surface area contributed by atoms with E-state index < -0.39 is 5.54 Å². The minimum atomic E-state index is -1.10. The zero-order chi connectivity index (χ0) is 23.0. The first kappa shape index (κ1) is 21.3. The Bertz CT molecular complexity index is 1350. The number of carbonyl (C=O) groups excluding carboxylic acids is 2. The van der Waals surface area contributed by atoms with Crippen LogP contribution >= 0.6 is 11.6 Å². The summed E-state index contributed by atoms with van der Waals surface area (Å²) in [5.74, 6) is -0.384. The van der Waals surface area contributed by atoms with Gasteiger partial charge in [-0.3, -0.25) is 9.59 Å². The number of hydrogen-bond acceptors (Lipinski definition) is 2. The first-order chi connectivity index (χ1) is 16.0. The lowest BCUT2D eigenvalue weighted by Crippen LogP contribution is -2.63. The van der Waals surface area contributed by atoms with E-state index in [1.165, 1.54) is 0 Å². The summed E-state index contributed by atoms with van der Waals surface area (Å²) in [5, 5.41) is 4.60. The van der Waals surface area contributed by atoms with Gasteiger partial charge in [-0.05, 0) is 36.2 Å². The molecule has 1 aliphatic heterocycles. The Kier molecular flexibility index (Phi) is 5.43. The van der Waals surface area contributed by atoms with E-state index in [2.05, 4.69) is 5.32 Å². The van der Waals surface area contributed by atoms with Gasteiger partial charge in [0.2, 0.25) is 5.91 Å². The van der Waals surface area contributed by atoms with Gasteiger partial charge in [0.25, 0.3) is 5.91 Å². The second kappa shape index (κ2) is 8.41. The molecule has 2 heterocycles. The van der Waals surface area contributed by atoms with Crippen molar-refractivity contribution in [1.29, 1.82) is 0 Å². The van der Waals surface area contributed by atoms with E-state index in [0.29, 0.717) is 23.8 Å². The van der Waals surface area contributed by atoms with Crippen LogP contribution < -0.4 is 5.32 Å². The SMILES string of the molecule is CC1(C(=O)NCc2ccccc2)Cn2c(cc3ccccc32)C(=O)N1Cc1ccccc1Cl. The van der Waals surface area contributed by atoms with Gasteiger partial charge >= 0.3 is 0 Å². The monoisotopic (exact) mass is 457 g/mol. The highest BCUT2D eigenvalue weighted by Gasteiger charge is 2.47. The van der Waals surface area contributed by atoms with E-state index in [9.17, 15) is 9.59 Å². The van der Waals surface area contributed by atoms with E-state index in [-0.39, 0.29) is 18.4 Å². The molecule has 0 spiro atoms. The molecule has 6 heteroatoms. The first-order valence-electron chi connectivity index (χ1n) is 10.9. The maximum absolute atomic E-state index is 13.8. The molecule has 2 amide bonds. The number of nitrogens with zero attached hydrogens (tertiary/aromatic N) is 2. The zero-order valence-electron chi connectivity index (χ0n) is 18.3. The largest absolute Gasteiger partial charge is 0.350 e. The highest BCUT2D eigenvalue weighted by atomic mass is 35.5. The average Bonchev–Trinajstić information content (AvgIpc) is 3.20. The lowest BCUT2D eigenvalue weighted by Gasteiger charge is -2.44. The number of benzene rings is 3. The van der Waals surface area contributed by atoms with Crippen molar-refractivity contribution in [2.45, 2.75) is 32.1 Å². The molecule has 0 aliphatic carbocycles. The lowest BCUT2D eigenvalue weighted by molar-refractivity contribution is -0.133. The minimum Gasteiger partial charge on any atom is -0.350 e. The number of rotatable bonds is 5. The zero-order valence-corrected chi connectivity index (χ0v) is 19.0. The molecule has 3 aromatic carbocycles. The highest BCUT2D eigenvalue weighted by molar-refractivity contribution is 6.31. The third-order valence-electron chi connectivity index (χ3n) is 6.41. The van der Waals surface area contributed by atoms with Crippen LogP contribution in [0.2, 0.25) is 5.02 Å². The second-order valence-corrected chi connectivity index (χ2v) is 9.01. The van der Waals surface area contributed by atoms with Crippen LogP contribution in [0.15, 0.2) is 84.9 Å². The number of nitrogens with one attached hydrogen (secondary N) is 1. The van der Waals surface area contributed by atoms with Crippen LogP contribution in [0.4, 0.5) is 0 Å². The van der Waals surface area contributed by atoms with Crippen LogP contribution in [0.1, 0.15) is 28.5 Å². The van der Waals surface area contributed by atoms with Crippen molar-refractivity contribution in [3.63, 3.8) is 0 Å². The van der Waals surface area contributed by atoms with Crippen molar-refractivity contribution < 1.29 is 9.59 Å². The molecular weight excluding hydrogens is 434 g/mol. The quantitative estimate of drug-likeness (QED) is 0.457. The molecule has 4 aromatic rings. The Balaban J connectivity index is 1.55. The molecule has 5 rings (SSSR count). The predicted octanol–water partition coefficient (Wildman–Crippen LogP) is 5.03. The van der Waals surface area contributed by atoms with Crippen LogP contribution in [0, 0.1) is 0 Å². The molecule has 0 bridgehead atoms. The van der Waals surface area contributed by atoms with Crippen LogP contribution in [0.25, 0.3) is 10.9 Å². The summed E-state index contributed by atoms with van der Waals surface area (Å²) in [4.78, 5) is 29.1. The van der Waals surface area contributed by atoms with Crippen LogP contribution in [0.5, 0.6) is 0 Å². The molecule has 1 atom stereocenters. The molecule has 1 aliphatic rings.